The number of esters is 2. The van der Waals surface area contributed by atoms with Gasteiger partial charge in [-0.2, -0.15) is 0 Å². The van der Waals surface area contributed by atoms with Gasteiger partial charge in [0.25, 0.3) is 0 Å². The fourth-order valence-electron chi connectivity index (χ4n) is 6.57. The molecule has 4 N–H and O–H groups in total. The van der Waals surface area contributed by atoms with Crippen molar-refractivity contribution in [2.45, 2.75) is 63.8 Å². The van der Waals surface area contributed by atoms with Gasteiger partial charge in [-0.25, -0.2) is 18.4 Å². The van der Waals surface area contributed by atoms with Gasteiger partial charge in [0.05, 0.1) is 0 Å². The van der Waals surface area contributed by atoms with Crippen molar-refractivity contribution >= 4 is 33.7 Å². The van der Waals surface area contributed by atoms with E-state index < -0.39 is 46.9 Å². The molecule has 2 atom stereocenters. The van der Waals surface area contributed by atoms with Crippen molar-refractivity contribution < 1.29 is 37.3 Å². The lowest BCUT2D eigenvalue weighted by Crippen LogP contribution is -2.49. The number of para-hydroxylation sites is 4. The summed E-state index contributed by atoms with van der Waals surface area (Å²) in [7, 11) is 0. The number of halogens is 2. The number of aromatic nitrogens is 2. The second-order valence-corrected chi connectivity index (χ2v) is 15.1. The largest absolute Gasteiger partial charge is 0.487 e. The molecule has 0 bridgehead atoms. The van der Waals surface area contributed by atoms with Crippen LogP contribution in [0.4, 0.5) is 8.78 Å². The van der Waals surface area contributed by atoms with E-state index in [4.69, 9.17) is 18.9 Å². The molecule has 0 saturated heterocycles. The minimum atomic E-state index is -1.27. The summed E-state index contributed by atoms with van der Waals surface area (Å²) in [5.41, 5.74) is 3.25. The Kier molecular flexibility index (Phi) is 12.7. The smallest absolute Gasteiger partial charge is 0.417 e. The molecule has 0 spiro atoms. The molecule has 294 valence electrons. The third kappa shape index (κ3) is 10.7. The lowest BCUT2D eigenvalue weighted by Gasteiger charge is -2.30. The molecule has 6 aromatic rings. The maximum atomic E-state index is 14.5. The molecular formula is C44H48F2N4O6. The Labute approximate surface area is 324 Å². The van der Waals surface area contributed by atoms with Gasteiger partial charge in [-0.1, -0.05) is 60.7 Å². The van der Waals surface area contributed by atoms with E-state index in [0.29, 0.717) is 12.8 Å². The number of hydrogen-bond donors (Lipinski definition) is 4. The molecule has 0 saturated carbocycles. The average Bonchev–Trinajstić information content (AvgIpc) is 3.78. The number of rotatable bonds is 18. The van der Waals surface area contributed by atoms with Gasteiger partial charge >= 0.3 is 11.9 Å². The molecule has 6 rings (SSSR count). The summed E-state index contributed by atoms with van der Waals surface area (Å²) in [5.74, 6) is -3.75. The first kappa shape index (κ1) is 40.0. The zero-order chi connectivity index (χ0) is 39.7. The molecule has 12 heteroatoms. The van der Waals surface area contributed by atoms with Crippen molar-refractivity contribution in [3.63, 3.8) is 0 Å². The molecule has 0 fully saturated rings. The van der Waals surface area contributed by atoms with Crippen molar-refractivity contribution in [3.05, 3.63) is 132 Å². The summed E-state index contributed by atoms with van der Waals surface area (Å²) >= 11 is 0. The van der Waals surface area contributed by atoms with Crippen LogP contribution in [0, 0.1) is 11.6 Å². The van der Waals surface area contributed by atoms with Gasteiger partial charge in [0.1, 0.15) is 25.4 Å². The van der Waals surface area contributed by atoms with Crippen LogP contribution < -0.4 is 20.1 Å². The summed E-state index contributed by atoms with van der Waals surface area (Å²) in [4.78, 5) is 33.3. The molecule has 0 aliphatic carbocycles. The number of carbonyl (C=O) groups is 2. The minimum Gasteiger partial charge on any atom is -0.487 e. The van der Waals surface area contributed by atoms with Crippen molar-refractivity contribution in [3.8, 4) is 11.5 Å². The summed E-state index contributed by atoms with van der Waals surface area (Å²) in [6, 6.07) is 27.8. The Bertz CT molecular complexity index is 2090. The topological polar surface area (TPSA) is 127 Å². The predicted molar refractivity (Wildman–Crippen MR) is 212 cm³/mol. The number of carbonyl (C=O) groups excluding carboxylic acids is 2. The number of ether oxygens (including phenoxy) is 4. The Morgan fingerprint density at radius 1 is 0.589 bits per heavy atom. The maximum Gasteiger partial charge on any atom is 0.417 e. The highest BCUT2D eigenvalue weighted by Gasteiger charge is 2.30. The number of hydrogen-bond acceptors (Lipinski definition) is 8. The Morgan fingerprint density at radius 2 is 0.964 bits per heavy atom. The van der Waals surface area contributed by atoms with Crippen LogP contribution in [-0.4, -0.2) is 71.5 Å². The molecule has 2 unspecified atom stereocenters. The third-order valence-electron chi connectivity index (χ3n) is 9.47. The molecular weight excluding hydrogens is 719 g/mol. The molecule has 4 aromatic carbocycles. The quantitative estimate of drug-likeness (QED) is 0.0526. The fourth-order valence-corrected chi connectivity index (χ4v) is 6.57. The monoisotopic (exact) mass is 766 g/mol. The highest BCUT2D eigenvalue weighted by Crippen LogP contribution is 2.24. The van der Waals surface area contributed by atoms with Gasteiger partial charge in [-0.05, 0) is 88.1 Å². The SMILES string of the molecule is CC(C)(Cc1c[nH]c2ccccc12)NCC(COc1ccccc1F)OC(=O)C(=O)OC(CNC(C)(C)Cc1c[nH]c2ccccc12)COc1ccccc1F. The molecule has 0 radical (unpaired) electrons. The fraction of sp³-hybridized carbons (Fsp3) is 0.318. The van der Waals surface area contributed by atoms with E-state index in [-0.39, 0.29) is 37.8 Å². The van der Waals surface area contributed by atoms with E-state index in [1.165, 1.54) is 36.4 Å². The van der Waals surface area contributed by atoms with E-state index in [1.54, 1.807) is 12.1 Å². The van der Waals surface area contributed by atoms with E-state index in [1.807, 2.05) is 88.6 Å². The van der Waals surface area contributed by atoms with Crippen molar-refractivity contribution in [1.82, 2.24) is 20.6 Å². The van der Waals surface area contributed by atoms with Crippen molar-refractivity contribution in [2.75, 3.05) is 26.3 Å². The highest BCUT2D eigenvalue weighted by atomic mass is 19.1. The van der Waals surface area contributed by atoms with Crippen molar-refractivity contribution in [1.29, 1.82) is 0 Å². The first-order chi connectivity index (χ1) is 26.9. The highest BCUT2D eigenvalue weighted by molar-refractivity contribution is 6.29. The van der Waals surface area contributed by atoms with Gasteiger partial charge in [0.2, 0.25) is 0 Å². The van der Waals surface area contributed by atoms with Gasteiger partial charge in [0.15, 0.2) is 23.1 Å². The van der Waals surface area contributed by atoms with Crippen LogP contribution in [0.5, 0.6) is 11.5 Å². The molecule has 10 nitrogen and oxygen atoms in total. The van der Waals surface area contributed by atoms with Gasteiger partial charge in [0, 0.05) is 58.4 Å². The van der Waals surface area contributed by atoms with Crippen LogP contribution in [0.1, 0.15) is 38.8 Å². The average molecular weight is 767 g/mol. The summed E-state index contributed by atoms with van der Waals surface area (Å²) in [6.07, 6.45) is 3.15. The van der Waals surface area contributed by atoms with Crippen LogP contribution >= 0.6 is 0 Å². The van der Waals surface area contributed by atoms with Gasteiger partial charge in [-0.3, -0.25) is 0 Å². The van der Waals surface area contributed by atoms with E-state index in [0.717, 1.165) is 32.9 Å². The van der Waals surface area contributed by atoms with Crippen molar-refractivity contribution in [2.24, 2.45) is 0 Å². The molecule has 0 aliphatic heterocycles. The van der Waals surface area contributed by atoms with Crippen LogP contribution in [0.2, 0.25) is 0 Å². The Morgan fingerprint density at radius 3 is 1.38 bits per heavy atom. The van der Waals surface area contributed by atoms with Gasteiger partial charge in [-0.15, -0.1) is 0 Å². The maximum absolute atomic E-state index is 14.5. The van der Waals surface area contributed by atoms with Crippen LogP contribution in [0.25, 0.3) is 21.8 Å². The zero-order valence-electron chi connectivity index (χ0n) is 32.0. The number of fused-ring (bicyclic) bond motifs is 2. The molecule has 56 heavy (non-hydrogen) atoms. The first-order valence-electron chi connectivity index (χ1n) is 18.6. The molecule has 2 aromatic heterocycles. The zero-order valence-corrected chi connectivity index (χ0v) is 32.0. The number of aromatic amines is 2. The second-order valence-electron chi connectivity index (χ2n) is 15.1. The third-order valence-corrected chi connectivity index (χ3v) is 9.47. The van der Waals surface area contributed by atoms with Crippen LogP contribution in [0.15, 0.2) is 109 Å². The summed E-state index contributed by atoms with van der Waals surface area (Å²) in [5, 5.41) is 9.04. The first-order valence-corrected chi connectivity index (χ1v) is 18.6. The normalized spacial score (nSPS) is 13.0. The Balaban J connectivity index is 1.12. The minimum absolute atomic E-state index is 0.0270. The molecule has 2 heterocycles. The number of benzene rings is 4. The number of H-pyrrole nitrogens is 2. The predicted octanol–water partition coefficient (Wildman–Crippen LogP) is 7.43. The lowest BCUT2D eigenvalue weighted by molar-refractivity contribution is -0.175. The second kappa shape index (κ2) is 17.8. The summed E-state index contributed by atoms with van der Waals surface area (Å²) < 4.78 is 51.7. The Hall–Kier alpha value is -5.72. The number of nitrogens with one attached hydrogen (secondary N) is 4. The van der Waals surface area contributed by atoms with E-state index in [9.17, 15) is 18.4 Å². The van der Waals surface area contributed by atoms with Gasteiger partial charge < -0.3 is 39.5 Å². The summed E-state index contributed by atoms with van der Waals surface area (Å²) in [6.45, 7) is 7.68. The van der Waals surface area contributed by atoms with E-state index in [2.05, 4.69) is 20.6 Å². The lowest BCUT2D eigenvalue weighted by atomic mass is 9.94. The van der Waals surface area contributed by atoms with E-state index >= 15 is 0 Å². The standard InChI is InChI=1S/C44H48F2N4O6/c1-43(2,21-29-23-47-37-17-9-5-13-33(29)37)49-25-31(27-53-39-19-11-7-15-35(39)45)55-41(51)42(52)56-32(28-54-40-20-12-8-16-36(40)46)26-50-44(3,4)22-30-24-48-38-18-10-6-14-34(30)38/h5-20,23-24,31-32,47-50H,21-22,25-28H2,1-4H3. The van der Waals surface area contributed by atoms with Crippen LogP contribution in [-0.2, 0) is 31.9 Å². The molecule has 0 amide bonds. The van der Waals surface area contributed by atoms with Crippen LogP contribution in [0.3, 0.4) is 0 Å². The molecule has 0 aliphatic rings.